The summed E-state index contributed by atoms with van der Waals surface area (Å²) in [7, 11) is 0. The number of rotatable bonds is 13. The Labute approximate surface area is 114 Å². The van der Waals surface area contributed by atoms with Gasteiger partial charge in [0.05, 0.1) is 6.61 Å². The van der Waals surface area contributed by atoms with Crippen LogP contribution in [0.1, 0.15) is 91.9 Å². The first-order chi connectivity index (χ1) is 8.74. The first-order valence-corrected chi connectivity index (χ1v) is 8.05. The molecule has 0 heterocycles. The Bertz CT molecular complexity index is 164. The molecule has 0 spiro atoms. The fourth-order valence-electron chi connectivity index (χ4n) is 2.35. The lowest BCUT2D eigenvalue weighted by atomic mass is 9.90. The maximum absolute atomic E-state index is 5.62. The van der Waals surface area contributed by atoms with Crippen molar-refractivity contribution >= 4 is 0 Å². The van der Waals surface area contributed by atoms with Crippen LogP contribution in [-0.4, -0.2) is 12.2 Å². The minimum absolute atomic E-state index is 0.0422. The molecule has 0 bridgehead atoms. The second kappa shape index (κ2) is 12.0. The van der Waals surface area contributed by atoms with Crippen molar-refractivity contribution in [1.82, 2.24) is 0 Å². The SMILES string of the molecule is CCCCCCCCCC(CC)(CC)OOCC. The topological polar surface area (TPSA) is 18.5 Å². The third-order valence-electron chi connectivity index (χ3n) is 3.88. The fourth-order valence-corrected chi connectivity index (χ4v) is 2.35. The molecule has 0 aromatic rings. The largest absolute Gasteiger partial charge is 0.236 e. The molecule has 0 aliphatic heterocycles. The quantitative estimate of drug-likeness (QED) is 0.241. The van der Waals surface area contributed by atoms with Crippen molar-refractivity contribution in [3.8, 4) is 0 Å². The van der Waals surface area contributed by atoms with Gasteiger partial charge in [0.15, 0.2) is 0 Å². The lowest BCUT2D eigenvalue weighted by molar-refractivity contribution is -0.362. The molecule has 0 aromatic carbocycles. The number of unbranched alkanes of at least 4 members (excludes halogenated alkanes) is 6. The van der Waals surface area contributed by atoms with Gasteiger partial charge < -0.3 is 0 Å². The Balaban J connectivity index is 3.69. The summed E-state index contributed by atoms with van der Waals surface area (Å²) in [5, 5.41) is 0. The first kappa shape index (κ1) is 17.9. The zero-order valence-electron chi connectivity index (χ0n) is 13.1. The molecule has 0 unspecified atom stereocenters. The molecule has 0 N–H and O–H groups in total. The Morgan fingerprint density at radius 2 is 1.28 bits per heavy atom. The van der Waals surface area contributed by atoms with Crippen LogP contribution in [0.15, 0.2) is 0 Å². The highest BCUT2D eigenvalue weighted by molar-refractivity contribution is 4.76. The van der Waals surface area contributed by atoms with E-state index >= 15 is 0 Å². The highest BCUT2D eigenvalue weighted by atomic mass is 17.2. The van der Waals surface area contributed by atoms with Crippen LogP contribution in [0.4, 0.5) is 0 Å². The van der Waals surface area contributed by atoms with E-state index in [2.05, 4.69) is 20.8 Å². The molecule has 0 aliphatic carbocycles. The normalized spacial score (nSPS) is 12.0. The van der Waals surface area contributed by atoms with Crippen molar-refractivity contribution in [2.45, 2.75) is 97.5 Å². The smallest absolute Gasteiger partial charge is 0.103 e. The minimum atomic E-state index is -0.0422. The van der Waals surface area contributed by atoms with E-state index in [1.807, 2.05) is 6.92 Å². The van der Waals surface area contributed by atoms with E-state index in [0.717, 1.165) is 19.3 Å². The zero-order chi connectivity index (χ0) is 13.7. The van der Waals surface area contributed by atoms with Gasteiger partial charge in [-0.1, -0.05) is 65.7 Å². The van der Waals surface area contributed by atoms with Gasteiger partial charge >= 0.3 is 0 Å². The Kier molecular flexibility index (Phi) is 11.9. The van der Waals surface area contributed by atoms with Crippen LogP contribution < -0.4 is 0 Å². The monoisotopic (exact) mass is 258 g/mol. The van der Waals surface area contributed by atoms with Crippen LogP contribution in [-0.2, 0) is 9.78 Å². The number of hydrogen-bond acceptors (Lipinski definition) is 2. The highest BCUT2D eigenvalue weighted by Gasteiger charge is 2.27. The summed E-state index contributed by atoms with van der Waals surface area (Å²) in [5.74, 6) is 0. The average molecular weight is 258 g/mol. The molecule has 0 saturated heterocycles. The lowest BCUT2D eigenvalue weighted by Crippen LogP contribution is -2.31. The molecule has 18 heavy (non-hydrogen) atoms. The van der Waals surface area contributed by atoms with Gasteiger partial charge in [0, 0.05) is 0 Å². The predicted octanol–water partition coefficient (Wildman–Crippen LogP) is 5.65. The summed E-state index contributed by atoms with van der Waals surface area (Å²) in [6.45, 7) is 9.28. The van der Waals surface area contributed by atoms with Gasteiger partial charge in [0.1, 0.15) is 5.60 Å². The Morgan fingerprint density at radius 3 is 1.78 bits per heavy atom. The molecule has 0 aliphatic rings. The van der Waals surface area contributed by atoms with Crippen molar-refractivity contribution in [3.63, 3.8) is 0 Å². The molecule has 2 nitrogen and oxygen atoms in total. The van der Waals surface area contributed by atoms with Crippen LogP contribution in [0.5, 0.6) is 0 Å². The third-order valence-corrected chi connectivity index (χ3v) is 3.88. The summed E-state index contributed by atoms with van der Waals surface area (Å²) in [5.41, 5.74) is -0.0422. The van der Waals surface area contributed by atoms with E-state index in [4.69, 9.17) is 9.78 Å². The van der Waals surface area contributed by atoms with Crippen molar-refractivity contribution in [1.29, 1.82) is 0 Å². The molecule has 0 fully saturated rings. The summed E-state index contributed by atoms with van der Waals surface area (Å²) < 4.78 is 0. The van der Waals surface area contributed by atoms with Crippen molar-refractivity contribution < 1.29 is 9.78 Å². The zero-order valence-corrected chi connectivity index (χ0v) is 13.1. The predicted molar refractivity (Wildman–Crippen MR) is 78.6 cm³/mol. The second-order valence-corrected chi connectivity index (χ2v) is 5.25. The van der Waals surface area contributed by atoms with Gasteiger partial charge in [-0.15, -0.1) is 0 Å². The fraction of sp³-hybridized carbons (Fsp3) is 1.00. The van der Waals surface area contributed by atoms with E-state index in [0.29, 0.717) is 6.61 Å². The van der Waals surface area contributed by atoms with Gasteiger partial charge in [0.25, 0.3) is 0 Å². The van der Waals surface area contributed by atoms with Gasteiger partial charge in [-0.3, -0.25) is 0 Å². The second-order valence-electron chi connectivity index (χ2n) is 5.25. The van der Waals surface area contributed by atoms with E-state index in [-0.39, 0.29) is 5.60 Å². The molecule has 0 radical (unpaired) electrons. The lowest BCUT2D eigenvalue weighted by Gasteiger charge is -2.30. The minimum Gasteiger partial charge on any atom is -0.236 e. The van der Waals surface area contributed by atoms with E-state index in [9.17, 15) is 0 Å². The third kappa shape index (κ3) is 8.10. The van der Waals surface area contributed by atoms with Gasteiger partial charge in [0.2, 0.25) is 0 Å². The molecule has 0 rings (SSSR count). The maximum atomic E-state index is 5.62. The molecule has 110 valence electrons. The highest BCUT2D eigenvalue weighted by Crippen LogP contribution is 2.28. The molecular formula is C16H34O2. The Hall–Kier alpha value is -0.0800. The molecule has 0 amide bonds. The number of hydrogen-bond donors (Lipinski definition) is 0. The van der Waals surface area contributed by atoms with Crippen LogP contribution in [0, 0.1) is 0 Å². The molecular weight excluding hydrogens is 224 g/mol. The van der Waals surface area contributed by atoms with Crippen molar-refractivity contribution in [2.75, 3.05) is 6.61 Å². The molecule has 0 saturated carbocycles. The summed E-state index contributed by atoms with van der Waals surface area (Å²) >= 11 is 0. The van der Waals surface area contributed by atoms with Crippen LogP contribution in [0.25, 0.3) is 0 Å². The van der Waals surface area contributed by atoms with E-state index < -0.39 is 0 Å². The summed E-state index contributed by atoms with van der Waals surface area (Å²) in [6.07, 6.45) is 12.7. The molecule has 2 heteroatoms. The average Bonchev–Trinajstić information content (AvgIpc) is 2.42. The van der Waals surface area contributed by atoms with E-state index in [1.54, 1.807) is 0 Å². The van der Waals surface area contributed by atoms with Gasteiger partial charge in [-0.25, -0.2) is 9.78 Å². The summed E-state index contributed by atoms with van der Waals surface area (Å²) in [4.78, 5) is 10.8. The van der Waals surface area contributed by atoms with Crippen molar-refractivity contribution in [3.05, 3.63) is 0 Å². The summed E-state index contributed by atoms with van der Waals surface area (Å²) in [6, 6.07) is 0. The molecule has 0 aromatic heterocycles. The first-order valence-electron chi connectivity index (χ1n) is 8.05. The van der Waals surface area contributed by atoms with E-state index in [1.165, 1.54) is 44.9 Å². The van der Waals surface area contributed by atoms with Gasteiger partial charge in [-0.05, 0) is 26.2 Å². The standard InChI is InChI=1S/C16H34O2/c1-5-9-10-11-12-13-14-15-16(6-2,7-3)18-17-8-4/h5-15H2,1-4H3. The Morgan fingerprint density at radius 1 is 0.722 bits per heavy atom. The van der Waals surface area contributed by atoms with Crippen LogP contribution in [0.3, 0.4) is 0 Å². The van der Waals surface area contributed by atoms with Crippen LogP contribution in [0.2, 0.25) is 0 Å². The van der Waals surface area contributed by atoms with Crippen LogP contribution >= 0.6 is 0 Å². The van der Waals surface area contributed by atoms with Crippen molar-refractivity contribution in [2.24, 2.45) is 0 Å². The molecule has 0 atom stereocenters. The maximum Gasteiger partial charge on any atom is 0.103 e. The van der Waals surface area contributed by atoms with Gasteiger partial charge in [-0.2, -0.15) is 0 Å².